The summed E-state index contributed by atoms with van der Waals surface area (Å²) in [6.45, 7) is 2.01. The van der Waals surface area contributed by atoms with Gasteiger partial charge in [0.25, 0.3) is 0 Å². The van der Waals surface area contributed by atoms with Crippen LogP contribution in [0.15, 0.2) is 28.7 Å². The minimum atomic E-state index is -0.142. The van der Waals surface area contributed by atoms with Crippen molar-refractivity contribution >= 4 is 27.7 Å². The maximum Gasteiger partial charge on any atom is 0.239 e. The van der Waals surface area contributed by atoms with E-state index < -0.39 is 0 Å². The summed E-state index contributed by atoms with van der Waals surface area (Å²) in [6.07, 6.45) is 8.42. The molecule has 4 fully saturated rings. The van der Waals surface area contributed by atoms with E-state index in [1.807, 2.05) is 31.2 Å². The largest absolute Gasteiger partial charge is 0.348 e. The topological polar surface area (TPSA) is 58.2 Å². The second-order valence-electron chi connectivity index (χ2n) is 9.18. The minimum absolute atomic E-state index is 0.0423. The summed E-state index contributed by atoms with van der Waals surface area (Å²) in [7, 11) is 0. The van der Waals surface area contributed by atoms with E-state index in [0.29, 0.717) is 6.42 Å². The van der Waals surface area contributed by atoms with Crippen LogP contribution in [0.2, 0.25) is 0 Å². The van der Waals surface area contributed by atoms with Crippen LogP contribution in [0.3, 0.4) is 0 Å². The Balaban J connectivity index is 1.26. The lowest BCUT2D eigenvalue weighted by Crippen LogP contribution is -2.48. The van der Waals surface area contributed by atoms with E-state index in [-0.39, 0.29) is 29.8 Å². The summed E-state index contributed by atoms with van der Waals surface area (Å²) < 4.78 is 0.976. The van der Waals surface area contributed by atoms with Gasteiger partial charge in [0, 0.05) is 10.9 Å². The predicted octanol–water partition coefficient (Wildman–Crippen LogP) is 4.35. The molecule has 146 valence electrons. The first kappa shape index (κ1) is 19.0. The molecule has 0 aromatic heterocycles. The zero-order valence-electron chi connectivity index (χ0n) is 16.0. The third-order valence-electron chi connectivity index (χ3n) is 6.90. The van der Waals surface area contributed by atoms with Gasteiger partial charge in [-0.05, 0) is 80.2 Å². The first-order valence-electron chi connectivity index (χ1n) is 10.2. The smallest absolute Gasteiger partial charge is 0.239 e. The maximum atomic E-state index is 12.5. The van der Waals surface area contributed by atoms with Gasteiger partial charge in [0.2, 0.25) is 11.8 Å². The zero-order chi connectivity index (χ0) is 19.0. The molecule has 1 aromatic carbocycles. The van der Waals surface area contributed by atoms with Crippen molar-refractivity contribution in [3.63, 3.8) is 0 Å². The third-order valence-corrected chi connectivity index (χ3v) is 7.62. The Morgan fingerprint density at radius 1 is 1.07 bits per heavy atom. The van der Waals surface area contributed by atoms with Crippen molar-refractivity contribution in [1.29, 1.82) is 0 Å². The molecular formula is C22H29BrN2O2. The molecule has 1 unspecified atom stereocenters. The van der Waals surface area contributed by atoms with Gasteiger partial charge >= 0.3 is 0 Å². The second-order valence-corrected chi connectivity index (χ2v) is 10.0. The predicted molar refractivity (Wildman–Crippen MR) is 109 cm³/mol. The van der Waals surface area contributed by atoms with Gasteiger partial charge in [-0.3, -0.25) is 9.59 Å². The molecule has 4 bridgehead atoms. The number of carbonyl (C=O) groups is 2. The van der Waals surface area contributed by atoms with Crippen LogP contribution >= 0.6 is 15.9 Å². The fourth-order valence-corrected chi connectivity index (χ4v) is 6.91. The van der Waals surface area contributed by atoms with Crippen LogP contribution in [0.1, 0.15) is 63.5 Å². The number of nitrogens with one attached hydrogen (secondary N) is 2. The SMILES string of the molecule is CC(NC(=O)CNC(=O)CC12CC3CC(CC(C3)C1)C2)c1ccccc1Br. The molecule has 4 aliphatic rings. The average Bonchev–Trinajstić information content (AvgIpc) is 2.58. The van der Waals surface area contributed by atoms with Crippen LogP contribution < -0.4 is 10.6 Å². The van der Waals surface area contributed by atoms with E-state index in [0.717, 1.165) is 27.8 Å². The normalized spacial score (nSPS) is 32.1. The highest BCUT2D eigenvalue weighted by Gasteiger charge is 2.51. The van der Waals surface area contributed by atoms with E-state index in [9.17, 15) is 9.59 Å². The molecule has 0 saturated heterocycles. The standard InChI is InChI=1S/C22H29BrN2O2/c1-14(18-4-2-3-5-19(18)23)25-21(27)13-24-20(26)12-22-9-15-6-16(10-22)8-17(7-15)11-22/h2-5,14-17H,6-13H2,1H3,(H,24,26)(H,25,27). The van der Waals surface area contributed by atoms with Crippen LogP contribution in [0.25, 0.3) is 0 Å². The molecule has 1 atom stereocenters. The number of rotatable bonds is 6. The molecule has 0 spiro atoms. The summed E-state index contributed by atoms with van der Waals surface area (Å²) in [4.78, 5) is 24.8. The van der Waals surface area contributed by atoms with Crippen molar-refractivity contribution < 1.29 is 9.59 Å². The Hall–Kier alpha value is -1.36. The third kappa shape index (κ3) is 4.23. The number of hydrogen-bond acceptors (Lipinski definition) is 2. The number of halogens is 1. The molecule has 0 aliphatic heterocycles. The van der Waals surface area contributed by atoms with Gasteiger partial charge in [-0.1, -0.05) is 34.1 Å². The molecule has 2 amide bonds. The number of carbonyl (C=O) groups excluding carboxylic acids is 2. The molecule has 4 nitrogen and oxygen atoms in total. The molecule has 0 radical (unpaired) electrons. The van der Waals surface area contributed by atoms with E-state index in [1.165, 1.54) is 38.5 Å². The van der Waals surface area contributed by atoms with Crippen LogP contribution in [0.4, 0.5) is 0 Å². The Bertz CT molecular complexity index is 697. The first-order chi connectivity index (χ1) is 12.9. The summed E-state index contributed by atoms with van der Waals surface area (Å²) in [5.74, 6) is 2.44. The highest BCUT2D eigenvalue weighted by atomic mass is 79.9. The van der Waals surface area contributed by atoms with E-state index >= 15 is 0 Å². The molecule has 1 aromatic rings. The van der Waals surface area contributed by atoms with Crippen molar-refractivity contribution in [3.05, 3.63) is 34.3 Å². The first-order valence-corrected chi connectivity index (χ1v) is 11.0. The van der Waals surface area contributed by atoms with Gasteiger partial charge < -0.3 is 10.6 Å². The number of amides is 2. The Labute approximate surface area is 170 Å². The Morgan fingerprint density at radius 2 is 1.67 bits per heavy atom. The lowest BCUT2D eigenvalue weighted by molar-refractivity contribution is -0.132. The average molecular weight is 433 g/mol. The summed E-state index contributed by atoms with van der Waals surface area (Å²) in [5, 5.41) is 5.83. The molecule has 27 heavy (non-hydrogen) atoms. The highest BCUT2D eigenvalue weighted by Crippen LogP contribution is 2.61. The van der Waals surface area contributed by atoms with Gasteiger partial charge in [0.1, 0.15) is 0 Å². The fraction of sp³-hybridized carbons (Fsp3) is 0.636. The number of hydrogen-bond donors (Lipinski definition) is 2. The van der Waals surface area contributed by atoms with Crippen molar-refractivity contribution in [3.8, 4) is 0 Å². The van der Waals surface area contributed by atoms with Gasteiger partial charge in [-0.25, -0.2) is 0 Å². The fourth-order valence-electron chi connectivity index (χ4n) is 6.28. The van der Waals surface area contributed by atoms with Gasteiger partial charge in [-0.2, -0.15) is 0 Å². The van der Waals surface area contributed by atoms with Gasteiger partial charge in [0.15, 0.2) is 0 Å². The lowest BCUT2D eigenvalue weighted by atomic mass is 9.49. The highest BCUT2D eigenvalue weighted by molar-refractivity contribution is 9.10. The molecular weight excluding hydrogens is 404 g/mol. The summed E-state index contributed by atoms with van der Waals surface area (Å²) in [6, 6.07) is 7.75. The Kier molecular flexibility index (Phi) is 5.32. The lowest BCUT2D eigenvalue weighted by Gasteiger charge is -2.56. The van der Waals surface area contributed by atoms with E-state index in [1.54, 1.807) is 0 Å². The second kappa shape index (κ2) is 7.57. The quantitative estimate of drug-likeness (QED) is 0.701. The maximum absolute atomic E-state index is 12.5. The van der Waals surface area contributed by atoms with Crippen LogP contribution in [-0.4, -0.2) is 18.4 Å². The molecule has 5 rings (SSSR count). The van der Waals surface area contributed by atoms with Crippen molar-refractivity contribution in [2.75, 3.05) is 6.54 Å². The van der Waals surface area contributed by atoms with Gasteiger partial charge in [-0.15, -0.1) is 0 Å². The van der Waals surface area contributed by atoms with Crippen LogP contribution in [0, 0.1) is 23.2 Å². The molecule has 5 heteroatoms. The Morgan fingerprint density at radius 3 is 2.26 bits per heavy atom. The zero-order valence-corrected chi connectivity index (χ0v) is 17.6. The van der Waals surface area contributed by atoms with Crippen molar-refractivity contribution in [2.45, 2.75) is 57.9 Å². The van der Waals surface area contributed by atoms with E-state index in [4.69, 9.17) is 0 Å². The van der Waals surface area contributed by atoms with Crippen molar-refractivity contribution in [1.82, 2.24) is 10.6 Å². The van der Waals surface area contributed by atoms with Crippen LogP contribution in [-0.2, 0) is 9.59 Å². The minimum Gasteiger partial charge on any atom is -0.348 e. The van der Waals surface area contributed by atoms with E-state index in [2.05, 4.69) is 26.6 Å². The number of benzene rings is 1. The molecule has 2 N–H and O–H groups in total. The summed E-state index contributed by atoms with van der Waals surface area (Å²) >= 11 is 3.52. The molecule has 4 aliphatic carbocycles. The van der Waals surface area contributed by atoms with Gasteiger partial charge in [0.05, 0.1) is 12.6 Å². The van der Waals surface area contributed by atoms with Crippen molar-refractivity contribution in [2.24, 2.45) is 23.2 Å². The monoisotopic (exact) mass is 432 g/mol. The molecule has 0 heterocycles. The van der Waals surface area contributed by atoms with Crippen LogP contribution in [0.5, 0.6) is 0 Å². The summed E-state index contributed by atoms with van der Waals surface area (Å²) in [5.41, 5.74) is 1.25. The molecule has 4 saturated carbocycles.